The van der Waals surface area contributed by atoms with Gasteiger partial charge in [0.15, 0.2) is 24.7 Å². The summed E-state index contributed by atoms with van der Waals surface area (Å²) < 4.78 is 5.11. The molecular weight excluding hydrogens is 414 g/mol. The molecule has 3 aromatic carbocycles. The summed E-state index contributed by atoms with van der Waals surface area (Å²) in [6, 6.07) is 24.3. The number of anilines is 3. The molecule has 0 N–H and O–H groups in total. The van der Waals surface area contributed by atoms with Crippen molar-refractivity contribution in [3.63, 3.8) is 0 Å². The Labute approximate surface area is 198 Å². The van der Waals surface area contributed by atoms with Gasteiger partial charge in [-0.1, -0.05) is 54.6 Å². The van der Waals surface area contributed by atoms with Crippen molar-refractivity contribution in [1.29, 1.82) is 0 Å². The van der Waals surface area contributed by atoms with Gasteiger partial charge in [-0.3, -0.25) is 0 Å². The molecule has 1 aliphatic carbocycles. The van der Waals surface area contributed by atoms with Crippen LogP contribution in [0, 0.1) is 0 Å². The lowest BCUT2D eigenvalue weighted by atomic mass is 9.82. The molecule has 0 fully saturated rings. The van der Waals surface area contributed by atoms with Crippen LogP contribution in [0.15, 0.2) is 114 Å². The van der Waals surface area contributed by atoms with Crippen molar-refractivity contribution in [2.24, 2.45) is 0 Å². The minimum atomic E-state index is -0.382. The van der Waals surface area contributed by atoms with E-state index in [1.54, 1.807) is 0 Å². The molecule has 1 atom stereocenters. The highest BCUT2D eigenvalue weighted by atomic mass is 15.4. The standard InChI is InChI=1S/C31H23N3/c1-2-13-25(14-3-1)34-27-16-7-11-23-20-32-18-5-4-9-22-10-6-15-26(19-22)33-21-24-12-8-17-28(34)30(24)31(32,33)29(23)27/h1-17,20-21H,18-19H2/q+2. The molecule has 0 aromatic heterocycles. The average Bonchev–Trinajstić information content (AvgIpc) is 3.40. The molecule has 4 heterocycles. The maximum absolute atomic E-state index is 2.56. The molecule has 4 aliphatic heterocycles. The largest absolute Gasteiger partial charge is 0.416 e. The summed E-state index contributed by atoms with van der Waals surface area (Å²) in [5, 5.41) is 0. The second-order valence-electron chi connectivity index (χ2n) is 9.47. The zero-order valence-electron chi connectivity index (χ0n) is 18.7. The summed E-state index contributed by atoms with van der Waals surface area (Å²) in [5.41, 5.74) is 11.4. The van der Waals surface area contributed by atoms with Gasteiger partial charge < -0.3 is 4.90 Å². The topological polar surface area (TPSA) is 9.26 Å². The van der Waals surface area contributed by atoms with E-state index >= 15 is 0 Å². The normalized spacial score (nSPS) is 22.4. The lowest BCUT2D eigenvalue weighted by molar-refractivity contribution is -0.797. The van der Waals surface area contributed by atoms with Crippen LogP contribution in [0.1, 0.15) is 28.7 Å². The van der Waals surface area contributed by atoms with Gasteiger partial charge >= 0.3 is 5.66 Å². The molecule has 0 saturated carbocycles. The molecule has 2 bridgehead atoms. The summed E-state index contributed by atoms with van der Waals surface area (Å²) in [5.74, 6) is 0. The summed E-state index contributed by atoms with van der Waals surface area (Å²) in [7, 11) is 0. The molecule has 0 radical (unpaired) electrons. The fraction of sp³-hybridized carbons (Fsp3) is 0.0968. The summed E-state index contributed by atoms with van der Waals surface area (Å²) in [4.78, 5) is 2.45. The van der Waals surface area contributed by atoms with Gasteiger partial charge in [0, 0.05) is 11.8 Å². The molecular formula is C31H23N3+2. The molecule has 5 aliphatic rings. The van der Waals surface area contributed by atoms with E-state index in [4.69, 9.17) is 0 Å². The quantitative estimate of drug-likeness (QED) is 0.431. The van der Waals surface area contributed by atoms with Gasteiger partial charge in [-0.2, -0.15) is 4.58 Å². The Morgan fingerprint density at radius 3 is 2.29 bits per heavy atom. The van der Waals surface area contributed by atoms with Crippen LogP contribution < -0.4 is 4.90 Å². The van der Waals surface area contributed by atoms with E-state index in [1.165, 1.54) is 50.6 Å². The summed E-state index contributed by atoms with van der Waals surface area (Å²) in [6.07, 6.45) is 19.2. The second kappa shape index (κ2) is 6.42. The lowest BCUT2D eigenvalue weighted by Gasteiger charge is -2.37. The number of nitrogens with zero attached hydrogens (tertiary/aromatic N) is 3. The molecule has 3 heteroatoms. The number of benzene rings is 3. The maximum Gasteiger partial charge on any atom is 0.416 e. The highest BCUT2D eigenvalue weighted by Gasteiger charge is 2.69. The SMILES string of the molecule is C1=CC[N+]2=Cc3cccc4c3C23c2c(cccc2N4c2ccccc2)C=[N+]3C2=CC=CC(=C1)C2. The molecule has 1 unspecified atom stereocenters. The van der Waals surface area contributed by atoms with E-state index in [0.717, 1.165) is 13.0 Å². The average molecular weight is 438 g/mol. The molecule has 0 saturated heterocycles. The first-order chi connectivity index (χ1) is 16.9. The van der Waals surface area contributed by atoms with Crippen LogP contribution in [0.25, 0.3) is 0 Å². The van der Waals surface area contributed by atoms with Gasteiger partial charge in [0.2, 0.25) is 0 Å². The monoisotopic (exact) mass is 437 g/mol. The van der Waals surface area contributed by atoms with Gasteiger partial charge in [-0.15, -0.1) is 4.58 Å². The van der Waals surface area contributed by atoms with Crippen molar-refractivity contribution >= 4 is 29.5 Å². The highest BCUT2D eigenvalue weighted by Crippen LogP contribution is 2.58. The van der Waals surface area contributed by atoms with E-state index in [9.17, 15) is 0 Å². The van der Waals surface area contributed by atoms with E-state index in [0.29, 0.717) is 0 Å². The number of hydrogen-bond acceptors (Lipinski definition) is 1. The van der Waals surface area contributed by atoms with E-state index in [2.05, 4.69) is 130 Å². The minimum absolute atomic E-state index is 0.382. The van der Waals surface area contributed by atoms with Gasteiger partial charge in [0.1, 0.15) is 11.1 Å². The summed E-state index contributed by atoms with van der Waals surface area (Å²) >= 11 is 0. The Balaban J connectivity index is 1.51. The Bertz CT molecular complexity index is 1580. The van der Waals surface area contributed by atoms with Crippen molar-refractivity contribution < 1.29 is 9.15 Å². The first-order valence-electron chi connectivity index (χ1n) is 12.0. The van der Waals surface area contributed by atoms with Crippen LogP contribution in [-0.4, -0.2) is 28.1 Å². The van der Waals surface area contributed by atoms with Crippen molar-refractivity contribution in [1.82, 2.24) is 0 Å². The van der Waals surface area contributed by atoms with Gasteiger partial charge in [-0.25, -0.2) is 0 Å². The molecule has 3 aromatic rings. The van der Waals surface area contributed by atoms with Crippen LogP contribution in [0.2, 0.25) is 0 Å². The molecule has 34 heavy (non-hydrogen) atoms. The van der Waals surface area contributed by atoms with Crippen LogP contribution in [-0.2, 0) is 5.66 Å². The van der Waals surface area contributed by atoms with Crippen molar-refractivity contribution in [2.75, 3.05) is 11.4 Å². The van der Waals surface area contributed by atoms with Gasteiger partial charge in [-0.05, 0) is 48.0 Å². The predicted molar refractivity (Wildman–Crippen MR) is 137 cm³/mol. The third-order valence-electron chi connectivity index (χ3n) is 7.71. The Hall–Kier alpha value is -4.24. The molecule has 0 amide bonds. The summed E-state index contributed by atoms with van der Waals surface area (Å²) in [6.45, 7) is 0.846. The predicted octanol–water partition coefficient (Wildman–Crippen LogP) is 5.90. The van der Waals surface area contributed by atoms with E-state index < -0.39 is 0 Å². The fourth-order valence-electron chi connectivity index (χ4n) is 6.46. The van der Waals surface area contributed by atoms with Crippen LogP contribution in [0.3, 0.4) is 0 Å². The smallest absolute Gasteiger partial charge is 0.309 e. The third kappa shape index (κ3) is 2.12. The van der Waals surface area contributed by atoms with Crippen molar-refractivity contribution in [2.45, 2.75) is 12.1 Å². The van der Waals surface area contributed by atoms with Crippen molar-refractivity contribution in [3.05, 3.63) is 137 Å². The number of allylic oxidation sites excluding steroid dienone is 6. The molecule has 3 nitrogen and oxygen atoms in total. The Kier molecular flexibility index (Phi) is 3.44. The van der Waals surface area contributed by atoms with Gasteiger partial charge in [0.25, 0.3) is 0 Å². The first-order valence-corrected chi connectivity index (χ1v) is 12.0. The number of rotatable bonds is 1. The van der Waals surface area contributed by atoms with Crippen LogP contribution in [0.5, 0.6) is 0 Å². The zero-order chi connectivity index (χ0) is 22.3. The van der Waals surface area contributed by atoms with Crippen molar-refractivity contribution in [3.8, 4) is 0 Å². The highest BCUT2D eigenvalue weighted by molar-refractivity contribution is 5.98. The lowest BCUT2D eigenvalue weighted by Crippen LogP contribution is -2.49. The first kappa shape index (κ1) is 18.2. The fourth-order valence-corrected chi connectivity index (χ4v) is 6.46. The number of para-hydroxylation sites is 1. The minimum Gasteiger partial charge on any atom is -0.309 e. The van der Waals surface area contributed by atoms with Crippen LogP contribution in [0.4, 0.5) is 17.1 Å². The Morgan fingerprint density at radius 1 is 0.735 bits per heavy atom. The maximum atomic E-state index is 2.56. The van der Waals surface area contributed by atoms with Gasteiger partial charge in [0.05, 0.1) is 28.9 Å². The Morgan fingerprint density at radius 2 is 1.50 bits per heavy atom. The van der Waals surface area contributed by atoms with E-state index in [-0.39, 0.29) is 5.66 Å². The molecule has 8 rings (SSSR count). The van der Waals surface area contributed by atoms with Crippen LogP contribution >= 0.6 is 0 Å². The molecule has 160 valence electrons. The zero-order valence-corrected chi connectivity index (χ0v) is 18.7. The third-order valence-corrected chi connectivity index (χ3v) is 7.71. The number of fused-ring (bicyclic) bond motifs is 3. The number of hydrogen-bond donors (Lipinski definition) is 0. The molecule has 1 spiro atoms. The van der Waals surface area contributed by atoms with E-state index in [1.807, 2.05) is 0 Å². The second-order valence-corrected chi connectivity index (χ2v) is 9.47.